The number of esters is 1. The Kier molecular flexibility index (Phi) is 4.48. The van der Waals surface area contributed by atoms with Crippen LogP contribution in [0.25, 0.3) is 0 Å². The number of hydrogen-bond acceptors (Lipinski definition) is 3. The van der Waals surface area contributed by atoms with Gasteiger partial charge in [0.2, 0.25) is 0 Å². The molecule has 0 aliphatic heterocycles. The number of carbonyl (C=O) groups excluding carboxylic acids is 1. The van der Waals surface area contributed by atoms with E-state index >= 15 is 0 Å². The van der Waals surface area contributed by atoms with Crippen LogP contribution in [0, 0.1) is 19.7 Å². The summed E-state index contributed by atoms with van der Waals surface area (Å²) in [5.41, 5.74) is 3.02. The van der Waals surface area contributed by atoms with E-state index in [1.165, 1.54) is 19.2 Å². The van der Waals surface area contributed by atoms with Crippen LogP contribution in [0.15, 0.2) is 30.3 Å². The Bertz CT molecular complexity index is 701. The number of nitrogens with one attached hydrogen (secondary N) is 1. The van der Waals surface area contributed by atoms with Crippen LogP contribution in [0.2, 0.25) is 5.02 Å². The second-order valence-corrected chi connectivity index (χ2v) is 5.08. The molecular weight excluding hydrogens is 293 g/mol. The summed E-state index contributed by atoms with van der Waals surface area (Å²) < 4.78 is 17.9. The number of aryl methyl sites for hydroxylation is 1. The van der Waals surface area contributed by atoms with E-state index < -0.39 is 5.97 Å². The van der Waals surface area contributed by atoms with E-state index in [0.29, 0.717) is 27.5 Å². The van der Waals surface area contributed by atoms with Gasteiger partial charge in [0.1, 0.15) is 5.82 Å². The maximum absolute atomic E-state index is 13.1. The molecule has 1 N–H and O–H groups in total. The molecule has 0 spiro atoms. The summed E-state index contributed by atoms with van der Waals surface area (Å²) >= 11 is 6.06. The standard InChI is InChI=1S/C16H15ClFNO2/c1-9-8-11(18)4-6-13(9)19-14-7-5-12(17)10(2)15(14)16(20)21-3/h4-8,19H,1-3H3. The number of halogens is 2. The largest absolute Gasteiger partial charge is 0.465 e. The van der Waals surface area contributed by atoms with E-state index in [4.69, 9.17) is 16.3 Å². The SMILES string of the molecule is COC(=O)c1c(Nc2ccc(F)cc2C)ccc(Cl)c1C. The molecule has 5 heteroatoms. The van der Waals surface area contributed by atoms with Crippen molar-refractivity contribution in [1.82, 2.24) is 0 Å². The van der Waals surface area contributed by atoms with Gasteiger partial charge in [0.15, 0.2) is 0 Å². The number of anilines is 2. The molecule has 2 aromatic rings. The minimum absolute atomic E-state index is 0.307. The summed E-state index contributed by atoms with van der Waals surface area (Å²) in [5, 5.41) is 3.61. The Morgan fingerprint density at radius 3 is 2.48 bits per heavy atom. The molecule has 0 aliphatic carbocycles. The first kappa shape index (κ1) is 15.3. The van der Waals surface area contributed by atoms with Gasteiger partial charge >= 0.3 is 5.97 Å². The number of carbonyl (C=O) groups is 1. The van der Waals surface area contributed by atoms with Gasteiger partial charge < -0.3 is 10.1 Å². The first-order chi connectivity index (χ1) is 9.93. The summed E-state index contributed by atoms with van der Waals surface area (Å²) in [4.78, 5) is 12.0. The summed E-state index contributed by atoms with van der Waals surface area (Å²) in [5.74, 6) is -0.782. The Morgan fingerprint density at radius 2 is 1.86 bits per heavy atom. The average Bonchev–Trinajstić information content (AvgIpc) is 2.45. The highest BCUT2D eigenvalue weighted by Gasteiger charge is 2.17. The van der Waals surface area contributed by atoms with Crippen LogP contribution in [-0.2, 0) is 4.74 Å². The molecule has 2 rings (SSSR count). The molecule has 0 amide bonds. The summed E-state index contributed by atoms with van der Waals surface area (Å²) in [6.45, 7) is 3.53. The Hall–Kier alpha value is -2.07. The van der Waals surface area contributed by atoms with Crippen molar-refractivity contribution in [2.45, 2.75) is 13.8 Å². The zero-order valence-electron chi connectivity index (χ0n) is 12.0. The van der Waals surface area contributed by atoms with Gasteiger partial charge in [-0.15, -0.1) is 0 Å². The third-order valence-electron chi connectivity index (χ3n) is 3.25. The highest BCUT2D eigenvalue weighted by Crippen LogP contribution is 2.30. The molecule has 0 aromatic heterocycles. The Balaban J connectivity index is 2.49. The fourth-order valence-corrected chi connectivity index (χ4v) is 2.23. The molecule has 0 heterocycles. The molecule has 0 bridgehead atoms. The zero-order chi connectivity index (χ0) is 15.6. The highest BCUT2D eigenvalue weighted by molar-refractivity contribution is 6.32. The first-order valence-electron chi connectivity index (χ1n) is 6.34. The van der Waals surface area contributed by atoms with Crippen molar-refractivity contribution in [3.05, 3.63) is 57.9 Å². The lowest BCUT2D eigenvalue weighted by molar-refractivity contribution is 0.0601. The zero-order valence-corrected chi connectivity index (χ0v) is 12.7. The van der Waals surface area contributed by atoms with Crippen molar-refractivity contribution in [3.63, 3.8) is 0 Å². The first-order valence-corrected chi connectivity index (χ1v) is 6.72. The minimum atomic E-state index is -0.475. The molecule has 2 aromatic carbocycles. The molecule has 0 radical (unpaired) electrons. The van der Waals surface area contributed by atoms with Gasteiger partial charge in [-0.2, -0.15) is 0 Å². The third kappa shape index (κ3) is 3.16. The van der Waals surface area contributed by atoms with E-state index in [2.05, 4.69) is 5.32 Å². The highest BCUT2D eigenvalue weighted by atomic mass is 35.5. The van der Waals surface area contributed by atoms with E-state index in [9.17, 15) is 9.18 Å². The van der Waals surface area contributed by atoms with Gasteiger partial charge in [0.05, 0.1) is 18.4 Å². The minimum Gasteiger partial charge on any atom is -0.465 e. The lowest BCUT2D eigenvalue weighted by Crippen LogP contribution is -2.09. The van der Waals surface area contributed by atoms with Gasteiger partial charge in [-0.05, 0) is 55.3 Å². The van der Waals surface area contributed by atoms with Gasteiger partial charge in [-0.3, -0.25) is 0 Å². The topological polar surface area (TPSA) is 38.3 Å². The summed E-state index contributed by atoms with van der Waals surface area (Å²) in [6, 6.07) is 7.80. The maximum Gasteiger partial charge on any atom is 0.340 e. The van der Waals surface area contributed by atoms with Crippen molar-refractivity contribution in [2.75, 3.05) is 12.4 Å². The Labute approximate surface area is 127 Å². The fourth-order valence-electron chi connectivity index (χ4n) is 2.07. The molecule has 0 atom stereocenters. The molecule has 0 saturated heterocycles. The molecule has 3 nitrogen and oxygen atoms in total. The van der Waals surface area contributed by atoms with Crippen LogP contribution in [0.3, 0.4) is 0 Å². The van der Waals surface area contributed by atoms with Gasteiger partial charge in [0.25, 0.3) is 0 Å². The number of benzene rings is 2. The Morgan fingerprint density at radius 1 is 1.19 bits per heavy atom. The molecule has 0 saturated carbocycles. The number of ether oxygens (including phenoxy) is 1. The lowest BCUT2D eigenvalue weighted by atomic mass is 10.1. The van der Waals surface area contributed by atoms with Crippen molar-refractivity contribution in [1.29, 1.82) is 0 Å². The third-order valence-corrected chi connectivity index (χ3v) is 3.66. The maximum atomic E-state index is 13.1. The lowest BCUT2D eigenvalue weighted by Gasteiger charge is -2.15. The number of hydrogen-bond donors (Lipinski definition) is 1. The molecule has 0 aliphatic rings. The van der Waals surface area contributed by atoms with Crippen LogP contribution in [0.4, 0.5) is 15.8 Å². The van der Waals surface area contributed by atoms with E-state index in [1.807, 2.05) is 0 Å². The van der Waals surface area contributed by atoms with Gasteiger partial charge in [-0.1, -0.05) is 11.6 Å². The van der Waals surface area contributed by atoms with E-state index in [-0.39, 0.29) is 5.82 Å². The molecule has 21 heavy (non-hydrogen) atoms. The van der Waals surface area contributed by atoms with Crippen LogP contribution in [-0.4, -0.2) is 13.1 Å². The van der Waals surface area contributed by atoms with Gasteiger partial charge in [-0.25, -0.2) is 9.18 Å². The monoisotopic (exact) mass is 307 g/mol. The van der Waals surface area contributed by atoms with Crippen molar-refractivity contribution in [3.8, 4) is 0 Å². The predicted octanol–water partition coefficient (Wildman–Crippen LogP) is 4.63. The smallest absolute Gasteiger partial charge is 0.340 e. The van der Waals surface area contributed by atoms with Crippen molar-refractivity contribution < 1.29 is 13.9 Å². The molecular formula is C16H15ClFNO2. The fraction of sp³-hybridized carbons (Fsp3) is 0.188. The van der Waals surface area contributed by atoms with Crippen LogP contribution >= 0.6 is 11.6 Å². The number of methoxy groups -OCH3 is 1. The van der Waals surface area contributed by atoms with E-state index in [0.717, 1.165) is 5.56 Å². The normalized spacial score (nSPS) is 10.3. The average molecular weight is 308 g/mol. The predicted molar refractivity (Wildman–Crippen MR) is 81.9 cm³/mol. The van der Waals surface area contributed by atoms with E-state index in [1.54, 1.807) is 32.0 Å². The summed E-state index contributed by atoms with van der Waals surface area (Å²) in [6.07, 6.45) is 0. The number of rotatable bonds is 3. The molecule has 0 fully saturated rings. The van der Waals surface area contributed by atoms with Crippen LogP contribution < -0.4 is 5.32 Å². The van der Waals surface area contributed by atoms with Crippen molar-refractivity contribution >= 4 is 28.9 Å². The van der Waals surface area contributed by atoms with Gasteiger partial charge in [0, 0.05) is 10.7 Å². The summed E-state index contributed by atoms with van der Waals surface area (Å²) in [7, 11) is 1.32. The van der Waals surface area contributed by atoms with Crippen LogP contribution in [0.5, 0.6) is 0 Å². The molecule has 0 unspecified atom stereocenters. The quantitative estimate of drug-likeness (QED) is 0.840. The van der Waals surface area contributed by atoms with Crippen molar-refractivity contribution in [2.24, 2.45) is 0 Å². The second kappa shape index (κ2) is 6.14. The molecule has 110 valence electrons. The van der Waals surface area contributed by atoms with Crippen LogP contribution in [0.1, 0.15) is 21.5 Å². The second-order valence-electron chi connectivity index (χ2n) is 4.67.